The van der Waals surface area contributed by atoms with Crippen molar-refractivity contribution in [2.24, 2.45) is 5.92 Å². The zero-order valence-corrected chi connectivity index (χ0v) is 19.9. The molecule has 192 valence electrons. The van der Waals surface area contributed by atoms with Crippen LogP contribution in [0, 0.1) is 17.6 Å². The number of benzene rings is 2. The summed E-state index contributed by atoms with van der Waals surface area (Å²) in [4.78, 5) is -0.518. The second-order valence-corrected chi connectivity index (χ2v) is 13.1. The summed E-state index contributed by atoms with van der Waals surface area (Å²) in [6, 6.07) is 4.29. The third-order valence-corrected chi connectivity index (χ3v) is 10.0. The number of halogens is 5. The maximum absolute atomic E-state index is 15.2. The highest BCUT2D eigenvalue weighted by Gasteiger charge is 2.61. The van der Waals surface area contributed by atoms with Crippen molar-refractivity contribution < 1.29 is 48.3 Å². The summed E-state index contributed by atoms with van der Waals surface area (Å²) < 4.78 is 130. The zero-order chi connectivity index (χ0) is 25.8. The van der Waals surface area contributed by atoms with Crippen LogP contribution in [-0.2, 0) is 35.3 Å². The van der Waals surface area contributed by atoms with E-state index in [-0.39, 0.29) is 25.2 Å². The van der Waals surface area contributed by atoms with Crippen LogP contribution in [0.3, 0.4) is 0 Å². The van der Waals surface area contributed by atoms with Crippen LogP contribution in [0.4, 0.5) is 22.0 Å². The van der Waals surface area contributed by atoms with E-state index in [4.69, 9.17) is 9.47 Å². The molecule has 35 heavy (non-hydrogen) atoms. The minimum Gasteiger partial charge on any atom is -0.490 e. The van der Waals surface area contributed by atoms with Gasteiger partial charge in [0, 0.05) is 18.8 Å². The van der Waals surface area contributed by atoms with E-state index in [0.717, 1.165) is 30.5 Å². The van der Waals surface area contributed by atoms with Gasteiger partial charge < -0.3 is 9.47 Å². The third kappa shape index (κ3) is 4.42. The average Bonchev–Trinajstić information content (AvgIpc) is 2.78. The third-order valence-electron chi connectivity index (χ3n) is 6.49. The monoisotopic (exact) mass is 540 g/mol. The quantitative estimate of drug-likeness (QED) is 0.535. The molecule has 1 saturated heterocycles. The van der Waals surface area contributed by atoms with E-state index in [0.29, 0.717) is 12.1 Å². The molecule has 2 aromatic rings. The number of fused-ring (bicyclic) bond motifs is 3. The first-order chi connectivity index (χ1) is 16.2. The molecule has 0 aliphatic carbocycles. The average molecular weight is 541 g/mol. The molecule has 2 aliphatic rings. The number of hydrogen-bond acceptors (Lipinski definition) is 6. The Bertz CT molecular complexity index is 1340. The van der Waals surface area contributed by atoms with Gasteiger partial charge in [0.15, 0.2) is 21.4 Å². The lowest BCUT2D eigenvalue weighted by atomic mass is 9.75. The van der Waals surface area contributed by atoms with Crippen LogP contribution in [0.1, 0.15) is 24.0 Å². The number of alkyl halides is 3. The van der Waals surface area contributed by atoms with E-state index in [2.05, 4.69) is 0 Å². The smallest absolute Gasteiger partial charge is 0.416 e. The number of hydrogen-bond donors (Lipinski definition) is 0. The first-order valence-corrected chi connectivity index (χ1v) is 14.1. The maximum Gasteiger partial charge on any atom is 0.416 e. The summed E-state index contributed by atoms with van der Waals surface area (Å²) in [5.74, 6) is -4.18. The molecule has 2 aromatic carbocycles. The molecule has 6 nitrogen and oxygen atoms in total. The molecule has 2 heterocycles. The molecule has 0 N–H and O–H groups in total. The standard InChI is InChI=1S/C22H21F5O6S2/c1-34(28,29)11-8-18-15-12-33-20-17(24)7-6-16(23)19(20)21(15,9-10-32-18)35(30,31)14-4-2-13(3-5-14)22(25,26)27/h2-7,15,18H,8-12H2,1H3/t15-,18-,21-/m0/s1. The highest BCUT2D eigenvalue weighted by molar-refractivity contribution is 7.92. The molecule has 0 aromatic heterocycles. The second kappa shape index (κ2) is 8.70. The van der Waals surface area contributed by atoms with Gasteiger partial charge in [0.1, 0.15) is 20.4 Å². The first kappa shape index (κ1) is 25.8. The molecule has 2 aliphatic heterocycles. The molecule has 0 saturated carbocycles. The van der Waals surface area contributed by atoms with Gasteiger partial charge in [-0.05, 0) is 49.2 Å². The van der Waals surface area contributed by atoms with E-state index in [1.807, 2.05) is 0 Å². The van der Waals surface area contributed by atoms with Crippen molar-refractivity contribution in [3.05, 3.63) is 59.2 Å². The number of rotatable bonds is 5. The molecule has 13 heteroatoms. The zero-order valence-electron chi connectivity index (χ0n) is 18.3. The van der Waals surface area contributed by atoms with Crippen LogP contribution in [0.15, 0.2) is 41.3 Å². The van der Waals surface area contributed by atoms with E-state index in [1.165, 1.54) is 0 Å². The molecule has 0 spiro atoms. The number of ether oxygens (including phenoxy) is 2. The molecule has 0 amide bonds. The Kier molecular flexibility index (Phi) is 6.42. The summed E-state index contributed by atoms with van der Waals surface area (Å²) >= 11 is 0. The molecule has 3 atom stereocenters. The second-order valence-electron chi connectivity index (χ2n) is 8.64. The van der Waals surface area contributed by atoms with Gasteiger partial charge in [-0.2, -0.15) is 13.2 Å². The van der Waals surface area contributed by atoms with Crippen molar-refractivity contribution in [3.63, 3.8) is 0 Å². The Morgan fingerprint density at radius 2 is 1.63 bits per heavy atom. The van der Waals surface area contributed by atoms with E-state index >= 15 is 4.39 Å². The van der Waals surface area contributed by atoms with Gasteiger partial charge in [0.2, 0.25) is 0 Å². The summed E-state index contributed by atoms with van der Waals surface area (Å²) in [7, 11) is -8.14. The van der Waals surface area contributed by atoms with Gasteiger partial charge in [-0.3, -0.25) is 0 Å². The lowest BCUT2D eigenvalue weighted by molar-refractivity contribution is -0.137. The molecule has 4 rings (SSSR count). The van der Waals surface area contributed by atoms with Gasteiger partial charge in [0.05, 0.1) is 34.5 Å². The van der Waals surface area contributed by atoms with Crippen molar-refractivity contribution >= 4 is 19.7 Å². The predicted octanol–water partition coefficient (Wildman–Crippen LogP) is 3.89. The van der Waals surface area contributed by atoms with Crippen LogP contribution < -0.4 is 4.74 Å². The Morgan fingerprint density at radius 1 is 1.00 bits per heavy atom. The minimum absolute atomic E-state index is 0.136. The van der Waals surface area contributed by atoms with Crippen molar-refractivity contribution in [1.29, 1.82) is 0 Å². The van der Waals surface area contributed by atoms with Crippen molar-refractivity contribution in [1.82, 2.24) is 0 Å². The fourth-order valence-electron chi connectivity index (χ4n) is 4.87. The van der Waals surface area contributed by atoms with E-state index < -0.39 is 82.6 Å². The van der Waals surface area contributed by atoms with Crippen molar-refractivity contribution in [2.45, 2.75) is 34.8 Å². The molecule has 0 unspecified atom stereocenters. The van der Waals surface area contributed by atoms with Crippen molar-refractivity contribution in [2.75, 3.05) is 25.2 Å². The summed E-state index contributed by atoms with van der Waals surface area (Å²) in [5.41, 5.74) is -1.64. The highest BCUT2D eigenvalue weighted by atomic mass is 32.2. The van der Waals surface area contributed by atoms with Crippen LogP contribution in [0.2, 0.25) is 0 Å². The van der Waals surface area contributed by atoms with Crippen molar-refractivity contribution in [3.8, 4) is 5.75 Å². The van der Waals surface area contributed by atoms with Gasteiger partial charge in [0.25, 0.3) is 0 Å². The SMILES string of the molecule is CS(=O)(=O)CC[C@@H]1OCC[C@@]2(S(=O)(=O)c3ccc(C(F)(F)F)cc3)c3c(F)ccc(F)c3OC[C@@H]12. The van der Waals surface area contributed by atoms with E-state index in [9.17, 15) is 34.4 Å². The molecule has 0 radical (unpaired) electrons. The van der Waals surface area contributed by atoms with Gasteiger partial charge in [-0.1, -0.05) is 0 Å². The van der Waals surface area contributed by atoms with Crippen LogP contribution in [0.5, 0.6) is 5.75 Å². The van der Waals surface area contributed by atoms with Gasteiger partial charge in [-0.15, -0.1) is 0 Å². The molecule has 0 bridgehead atoms. The normalized spacial score (nSPS) is 24.9. The minimum atomic E-state index is -4.71. The Balaban J connectivity index is 1.92. The summed E-state index contributed by atoms with van der Waals surface area (Å²) in [6.45, 7) is -0.665. The Hall–Kier alpha value is -2.25. The first-order valence-electron chi connectivity index (χ1n) is 10.5. The fraction of sp³-hybridized carbons (Fsp3) is 0.455. The Morgan fingerprint density at radius 3 is 2.23 bits per heavy atom. The number of sulfone groups is 2. The van der Waals surface area contributed by atoms with E-state index in [1.54, 1.807) is 0 Å². The molecular weight excluding hydrogens is 519 g/mol. The predicted molar refractivity (Wildman–Crippen MR) is 114 cm³/mol. The van der Waals surface area contributed by atoms with Gasteiger partial charge >= 0.3 is 6.18 Å². The van der Waals surface area contributed by atoms with Gasteiger partial charge in [-0.25, -0.2) is 25.6 Å². The largest absolute Gasteiger partial charge is 0.490 e. The lowest BCUT2D eigenvalue weighted by Crippen LogP contribution is -2.57. The fourth-order valence-corrected chi connectivity index (χ4v) is 7.88. The summed E-state index contributed by atoms with van der Waals surface area (Å²) in [6.07, 6.45) is -5.21. The maximum atomic E-state index is 15.2. The summed E-state index contributed by atoms with van der Waals surface area (Å²) in [5, 5.41) is 0. The molecule has 1 fully saturated rings. The molecular formula is C22H21F5O6S2. The van der Waals surface area contributed by atoms with Crippen LogP contribution in [0.25, 0.3) is 0 Å². The van der Waals surface area contributed by atoms with Crippen LogP contribution in [-0.4, -0.2) is 48.2 Å². The lowest BCUT2D eigenvalue weighted by Gasteiger charge is -2.50. The Labute approximate surface area is 198 Å². The topological polar surface area (TPSA) is 86.7 Å². The highest BCUT2D eigenvalue weighted by Crippen LogP contribution is 2.56. The van der Waals surface area contributed by atoms with Crippen LogP contribution >= 0.6 is 0 Å².